The number of thioether (sulfide) groups is 1. The van der Waals surface area contributed by atoms with Crippen molar-refractivity contribution in [1.82, 2.24) is 5.32 Å². The number of carbonyl (C=O) groups is 2. The van der Waals surface area contributed by atoms with Gasteiger partial charge in [0.2, 0.25) is 0 Å². The molecule has 1 aromatic carbocycles. The van der Waals surface area contributed by atoms with Crippen LogP contribution in [0.15, 0.2) is 18.2 Å². The molecule has 0 aliphatic carbocycles. The second-order valence-electron chi connectivity index (χ2n) is 3.78. The zero-order chi connectivity index (χ0) is 13.7. The number of benzene rings is 1. The molecule has 1 amide bonds. The van der Waals surface area contributed by atoms with E-state index in [1.807, 2.05) is 35.8 Å². The van der Waals surface area contributed by atoms with E-state index in [2.05, 4.69) is 5.32 Å². The van der Waals surface area contributed by atoms with Crippen molar-refractivity contribution in [1.29, 1.82) is 0 Å². The molecule has 0 aliphatic rings. The Balaban J connectivity index is 0.00000324. The van der Waals surface area contributed by atoms with Gasteiger partial charge in [-0.05, 0) is 41.8 Å². The fourth-order valence-corrected chi connectivity index (χ4v) is 2.84. The summed E-state index contributed by atoms with van der Waals surface area (Å²) < 4.78 is 0.600. The monoisotopic (exact) mass is 401 g/mol. The summed E-state index contributed by atoms with van der Waals surface area (Å²) in [7, 11) is 0. The van der Waals surface area contributed by atoms with Gasteiger partial charge in [0, 0.05) is 20.9 Å². The first-order chi connectivity index (χ1) is 8.47. The number of carboxylic acid groups (broad SMARTS) is 1. The largest absolute Gasteiger partial charge is 1.00 e. The molecule has 0 aliphatic heterocycles. The third-order valence-electron chi connectivity index (χ3n) is 2.25. The minimum absolute atomic E-state index is 0. The van der Waals surface area contributed by atoms with Crippen molar-refractivity contribution in [2.24, 2.45) is 0 Å². The number of aromatic carboxylic acids is 1. The number of nitrogens with one attached hydrogen (secondary N) is 1. The van der Waals surface area contributed by atoms with Crippen molar-refractivity contribution in [3.63, 3.8) is 0 Å². The number of halogens is 1. The molecule has 0 saturated heterocycles. The molecule has 1 N–H and O–H groups in total. The summed E-state index contributed by atoms with van der Waals surface area (Å²) in [4.78, 5) is 23.1. The molecule has 0 radical (unpaired) electrons. The third kappa shape index (κ3) is 5.63. The zero-order valence-corrected chi connectivity index (χ0v) is 16.0. The summed E-state index contributed by atoms with van der Waals surface area (Å²) in [6, 6.07) is 4.65. The molecular formula is C12H13INNaO3S. The Morgan fingerprint density at radius 2 is 2.11 bits per heavy atom. The van der Waals surface area contributed by atoms with E-state index < -0.39 is 5.97 Å². The van der Waals surface area contributed by atoms with Gasteiger partial charge in [-0.3, -0.25) is 4.79 Å². The molecule has 1 unspecified atom stereocenters. The fourth-order valence-electron chi connectivity index (χ4n) is 1.51. The number of carboxylic acids is 1. The Morgan fingerprint density at radius 3 is 2.63 bits per heavy atom. The molecule has 1 rings (SSSR count). The fraction of sp³-hybridized carbons (Fsp3) is 0.333. The van der Waals surface area contributed by atoms with E-state index in [-0.39, 0.29) is 52.6 Å². The SMILES string of the molecule is CSCC(C)NC(=O)c1c(I)cccc1C(=O)[O-].[Na+]. The molecule has 0 heterocycles. The van der Waals surface area contributed by atoms with E-state index in [0.717, 1.165) is 5.75 Å². The minimum atomic E-state index is -1.34. The van der Waals surface area contributed by atoms with Gasteiger partial charge in [-0.15, -0.1) is 0 Å². The molecule has 19 heavy (non-hydrogen) atoms. The van der Waals surface area contributed by atoms with Crippen LogP contribution in [-0.2, 0) is 0 Å². The van der Waals surface area contributed by atoms with Gasteiger partial charge in [-0.1, -0.05) is 12.1 Å². The molecule has 98 valence electrons. The van der Waals surface area contributed by atoms with E-state index in [1.54, 1.807) is 23.9 Å². The summed E-state index contributed by atoms with van der Waals surface area (Å²) in [6.45, 7) is 1.88. The summed E-state index contributed by atoms with van der Waals surface area (Å²) in [5.74, 6) is -0.938. The predicted octanol–water partition coefficient (Wildman–Crippen LogP) is -1.86. The molecule has 0 aromatic heterocycles. The molecule has 1 atom stereocenters. The number of amides is 1. The normalized spacial score (nSPS) is 11.3. The maximum Gasteiger partial charge on any atom is 1.00 e. The van der Waals surface area contributed by atoms with E-state index in [0.29, 0.717) is 3.57 Å². The van der Waals surface area contributed by atoms with Crippen LogP contribution < -0.4 is 40.0 Å². The Bertz CT molecular complexity index is 470. The van der Waals surface area contributed by atoms with Crippen LogP contribution in [0, 0.1) is 3.57 Å². The quantitative estimate of drug-likeness (QED) is 0.465. The molecule has 4 nitrogen and oxygen atoms in total. The Kier molecular flexibility index (Phi) is 9.34. The number of rotatable bonds is 5. The third-order valence-corrected chi connectivity index (χ3v) is 3.99. The van der Waals surface area contributed by atoms with E-state index >= 15 is 0 Å². The average molecular weight is 401 g/mol. The Hall–Kier alpha value is 0.240. The second kappa shape index (κ2) is 9.23. The van der Waals surface area contributed by atoms with Crippen LogP contribution >= 0.6 is 34.4 Å². The molecule has 0 fully saturated rings. The average Bonchev–Trinajstić information content (AvgIpc) is 2.28. The molecular weight excluding hydrogens is 388 g/mol. The predicted molar refractivity (Wildman–Crippen MR) is 78.8 cm³/mol. The maximum absolute atomic E-state index is 12.1. The first-order valence-electron chi connectivity index (χ1n) is 5.27. The zero-order valence-electron chi connectivity index (χ0n) is 11.0. The van der Waals surface area contributed by atoms with Crippen LogP contribution in [0.5, 0.6) is 0 Å². The molecule has 1 aromatic rings. The van der Waals surface area contributed by atoms with E-state index in [9.17, 15) is 14.7 Å². The topological polar surface area (TPSA) is 69.2 Å². The van der Waals surface area contributed by atoms with E-state index in [1.165, 1.54) is 6.07 Å². The van der Waals surface area contributed by atoms with E-state index in [4.69, 9.17) is 0 Å². The van der Waals surface area contributed by atoms with Crippen molar-refractivity contribution in [3.8, 4) is 0 Å². The van der Waals surface area contributed by atoms with Crippen molar-refractivity contribution in [3.05, 3.63) is 32.9 Å². The van der Waals surface area contributed by atoms with Crippen molar-refractivity contribution < 1.29 is 44.3 Å². The van der Waals surface area contributed by atoms with Crippen LogP contribution in [0.2, 0.25) is 0 Å². The van der Waals surface area contributed by atoms with Gasteiger partial charge in [-0.2, -0.15) is 11.8 Å². The van der Waals surface area contributed by atoms with Gasteiger partial charge in [0.1, 0.15) is 0 Å². The minimum Gasteiger partial charge on any atom is -0.545 e. The Morgan fingerprint density at radius 1 is 1.47 bits per heavy atom. The van der Waals surface area contributed by atoms with Crippen molar-refractivity contribution in [2.45, 2.75) is 13.0 Å². The van der Waals surface area contributed by atoms with Gasteiger partial charge >= 0.3 is 29.6 Å². The smallest absolute Gasteiger partial charge is 0.545 e. The number of hydrogen-bond donors (Lipinski definition) is 1. The van der Waals surface area contributed by atoms with Crippen LogP contribution in [0.1, 0.15) is 27.6 Å². The first kappa shape index (κ1) is 19.2. The molecule has 0 saturated carbocycles. The van der Waals surface area contributed by atoms with Gasteiger partial charge in [0.25, 0.3) is 5.91 Å². The van der Waals surface area contributed by atoms with Crippen LogP contribution in [0.3, 0.4) is 0 Å². The van der Waals surface area contributed by atoms with Crippen LogP contribution in [0.4, 0.5) is 0 Å². The first-order valence-corrected chi connectivity index (χ1v) is 7.74. The molecule has 0 spiro atoms. The number of hydrogen-bond acceptors (Lipinski definition) is 4. The summed E-state index contributed by atoms with van der Waals surface area (Å²) in [6.07, 6.45) is 1.95. The summed E-state index contributed by atoms with van der Waals surface area (Å²) in [5.41, 5.74) is 0.0989. The standard InChI is InChI=1S/C12H14INO3S.Na/c1-7(6-18-2)14-11(15)10-8(12(16)17)4-3-5-9(10)13;/h3-5,7H,6H2,1-2H3,(H,14,15)(H,16,17);/q;+1/p-1. The van der Waals surface area contributed by atoms with Crippen molar-refractivity contribution in [2.75, 3.05) is 12.0 Å². The van der Waals surface area contributed by atoms with Crippen LogP contribution in [-0.4, -0.2) is 29.9 Å². The number of carbonyl (C=O) groups excluding carboxylic acids is 2. The summed E-state index contributed by atoms with van der Waals surface area (Å²) in [5, 5.41) is 13.8. The maximum atomic E-state index is 12.1. The molecule has 0 bridgehead atoms. The van der Waals surface area contributed by atoms with Crippen LogP contribution in [0.25, 0.3) is 0 Å². The van der Waals surface area contributed by atoms with Gasteiger partial charge < -0.3 is 15.2 Å². The van der Waals surface area contributed by atoms with Gasteiger partial charge in [0.05, 0.1) is 11.5 Å². The summed E-state index contributed by atoms with van der Waals surface area (Å²) >= 11 is 3.56. The van der Waals surface area contributed by atoms with Gasteiger partial charge in [0.15, 0.2) is 0 Å². The molecule has 7 heteroatoms. The van der Waals surface area contributed by atoms with Crippen molar-refractivity contribution >= 4 is 46.2 Å². The second-order valence-corrected chi connectivity index (χ2v) is 5.85. The van der Waals surface area contributed by atoms with Gasteiger partial charge in [-0.25, -0.2) is 0 Å². The Labute approximate surface area is 152 Å².